The summed E-state index contributed by atoms with van der Waals surface area (Å²) in [6.07, 6.45) is -4.29. The van der Waals surface area contributed by atoms with Crippen molar-refractivity contribution >= 4 is 11.3 Å². The van der Waals surface area contributed by atoms with E-state index >= 15 is 0 Å². The molecule has 0 atom stereocenters. The molecule has 1 aromatic carbocycles. The molecule has 0 aliphatic rings. The van der Waals surface area contributed by atoms with Crippen LogP contribution in [0.1, 0.15) is 31.0 Å². The summed E-state index contributed by atoms with van der Waals surface area (Å²) in [5.41, 5.74) is 1.06. The topological polar surface area (TPSA) is 12.9 Å². The van der Waals surface area contributed by atoms with E-state index in [0.717, 1.165) is 28.4 Å². The van der Waals surface area contributed by atoms with E-state index in [-0.39, 0.29) is 0 Å². The monoisotopic (exact) mass is 271 g/mol. The molecule has 0 aliphatic heterocycles. The quantitative estimate of drug-likeness (QED) is 0.753. The molecule has 0 radical (unpaired) electrons. The zero-order valence-electron chi connectivity index (χ0n) is 9.95. The third-order valence-corrected chi connectivity index (χ3v) is 3.48. The smallest absolute Gasteiger partial charge is 0.241 e. The lowest BCUT2D eigenvalue weighted by molar-refractivity contribution is -0.137. The normalized spacial score (nSPS) is 12.1. The summed E-state index contributed by atoms with van der Waals surface area (Å²) >= 11 is 1.45. The third kappa shape index (κ3) is 2.72. The Bertz CT molecular complexity index is 526. The van der Waals surface area contributed by atoms with E-state index in [2.05, 4.69) is 4.98 Å². The maximum atomic E-state index is 12.4. The van der Waals surface area contributed by atoms with Gasteiger partial charge in [-0.15, -0.1) is 11.3 Å². The molecule has 18 heavy (non-hydrogen) atoms. The molecule has 0 bridgehead atoms. The summed E-state index contributed by atoms with van der Waals surface area (Å²) in [6, 6.07) is 5.11. The predicted molar refractivity (Wildman–Crippen MR) is 66.6 cm³/mol. The van der Waals surface area contributed by atoms with Gasteiger partial charge in [0.1, 0.15) is 5.01 Å². The van der Waals surface area contributed by atoms with Gasteiger partial charge in [0.05, 0.1) is 11.3 Å². The van der Waals surface area contributed by atoms with Crippen LogP contribution in [0.4, 0.5) is 13.2 Å². The van der Waals surface area contributed by atoms with Crippen molar-refractivity contribution in [3.63, 3.8) is 0 Å². The van der Waals surface area contributed by atoms with Crippen molar-refractivity contribution in [2.24, 2.45) is 0 Å². The van der Waals surface area contributed by atoms with Gasteiger partial charge in [-0.05, 0) is 18.1 Å². The predicted octanol–water partition coefficient (Wildman–Crippen LogP) is 4.95. The highest BCUT2D eigenvalue weighted by atomic mass is 32.1. The highest BCUT2D eigenvalue weighted by Crippen LogP contribution is 2.32. The lowest BCUT2D eigenvalue weighted by atomic mass is 10.1. The molecule has 0 unspecified atom stereocenters. The van der Waals surface area contributed by atoms with Crippen molar-refractivity contribution in [2.75, 3.05) is 0 Å². The number of hydrogen-bond donors (Lipinski definition) is 0. The zero-order valence-corrected chi connectivity index (χ0v) is 10.8. The van der Waals surface area contributed by atoms with Crippen molar-refractivity contribution in [1.29, 1.82) is 0 Å². The van der Waals surface area contributed by atoms with Gasteiger partial charge in [-0.3, -0.25) is 0 Å². The van der Waals surface area contributed by atoms with Crippen molar-refractivity contribution in [2.45, 2.75) is 25.9 Å². The Kier molecular flexibility index (Phi) is 3.43. The van der Waals surface area contributed by atoms with Gasteiger partial charge in [0.2, 0.25) is 0 Å². The fourth-order valence-corrected chi connectivity index (χ4v) is 2.47. The maximum Gasteiger partial charge on any atom is 0.416 e. The first-order valence-corrected chi connectivity index (χ1v) is 6.39. The first kappa shape index (κ1) is 13.1. The Balaban J connectivity index is 2.29. The van der Waals surface area contributed by atoms with Crippen LogP contribution in [0.15, 0.2) is 29.6 Å². The highest BCUT2D eigenvalue weighted by molar-refractivity contribution is 7.13. The molecule has 2 rings (SSSR count). The van der Waals surface area contributed by atoms with Crippen LogP contribution in [-0.2, 0) is 6.18 Å². The van der Waals surface area contributed by atoms with Crippen molar-refractivity contribution in [3.8, 4) is 10.6 Å². The second-order valence-electron chi connectivity index (χ2n) is 4.31. The number of alkyl halides is 3. The first-order chi connectivity index (χ1) is 8.38. The van der Waals surface area contributed by atoms with E-state index in [0.29, 0.717) is 5.92 Å². The van der Waals surface area contributed by atoms with Gasteiger partial charge >= 0.3 is 6.18 Å². The van der Waals surface area contributed by atoms with E-state index in [1.165, 1.54) is 23.5 Å². The maximum absolute atomic E-state index is 12.4. The molecule has 1 nitrogen and oxygen atoms in total. The number of aromatic nitrogens is 1. The molecule has 1 heterocycles. The Morgan fingerprint density at radius 1 is 1.11 bits per heavy atom. The molecule has 1 aromatic heterocycles. The lowest BCUT2D eigenvalue weighted by Gasteiger charge is -2.06. The van der Waals surface area contributed by atoms with Crippen molar-refractivity contribution < 1.29 is 13.2 Å². The summed E-state index contributed by atoms with van der Waals surface area (Å²) in [5.74, 6) is 0.324. The summed E-state index contributed by atoms with van der Waals surface area (Å²) < 4.78 is 37.3. The highest BCUT2D eigenvalue weighted by Gasteiger charge is 2.30. The number of nitrogens with zero attached hydrogens (tertiary/aromatic N) is 1. The van der Waals surface area contributed by atoms with Crippen LogP contribution in [-0.4, -0.2) is 4.98 Å². The van der Waals surface area contributed by atoms with Gasteiger partial charge in [-0.25, -0.2) is 4.98 Å². The molecule has 0 N–H and O–H groups in total. The van der Waals surface area contributed by atoms with Gasteiger partial charge < -0.3 is 0 Å². The fraction of sp³-hybridized carbons (Fsp3) is 0.308. The lowest BCUT2D eigenvalue weighted by Crippen LogP contribution is -2.03. The molecule has 0 saturated heterocycles. The van der Waals surface area contributed by atoms with Gasteiger partial charge in [0, 0.05) is 10.9 Å². The van der Waals surface area contributed by atoms with Gasteiger partial charge in [0.15, 0.2) is 0 Å². The van der Waals surface area contributed by atoms with Gasteiger partial charge in [0.25, 0.3) is 0 Å². The molecule has 0 aliphatic carbocycles. The molecule has 96 valence electrons. The largest absolute Gasteiger partial charge is 0.416 e. The number of halogens is 3. The van der Waals surface area contributed by atoms with Crippen LogP contribution in [0, 0.1) is 0 Å². The van der Waals surface area contributed by atoms with E-state index in [1.54, 1.807) is 0 Å². The van der Waals surface area contributed by atoms with Crippen LogP contribution in [0.5, 0.6) is 0 Å². The Morgan fingerprint density at radius 2 is 1.72 bits per heavy atom. The minimum atomic E-state index is -4.29. The first-order valence-electron chi connectivity index (χ1n) is 5.51. The summed E-state index contributed by atoms with van der Waals surface area (Å²) in [5, 5.41) is 2.70. The molecule has 0 amide bonds. The average Bonchev–Trinajstić information content (AvgIpc) is 2.77. The minimum Gasteiger partial charge on any atom is -0.241 e. The average molecular weight is 271 g/mol. The molecule has 0 saturated carbocycles. The molecule has 0 spiro atoms. The second-order valence-corrected chi connectivity index (χ2v) is 5.17. The van der Waals surface area contributed by atoms with Gasteiger partial charge in [-0.2, -0.15) is 13.2 Å². The fourth-order valence-electron chi connectivity index (χ4n) is 1.49. The zero-order chi connectivity index (χ0) is 13.3. The minimum absolute atomic E-state index is 0.324. The Morgan fingerprint density at radius 3 is 2.17 bits per heavy atom. The molecular weight excluding hydrogens is 259 g/mol. The SMILES string of the molecule is CC(C)c1csc(-c2ccc(C(F)(F)F)cc2)n1. The second kappa shape index (κ2) is 4.72. The summed E-state index contributed by atoms with van der Waals surface area (Å²) in [7, 11) is 0. The number of benzene rings is 1. The van der Waals surface area contributed by atoms with Crippen LogP contribution in [0.25, 0.3) is 10.6 Å². The number of thiazole rings is 1. The summed E-state index contributed by atoms with van der Waals surface area (Å²) in [6.45, 7) is 4.07. The van der Waals surface area contributed by atoms with E-state index in [4.69, 9.17) is 0 Å². The molecule has 5 heteroatoms. The van der Waals surface area contributed by atoms with Crippen molar-refractivity contribution in [3.05, 3.63) is 40.9 Å². The standard InChI is InChI=1S/C13H12F3NS/c1-8(2)11-7-18-12(17-11)9-3-5-10(6-4-9)13(14,15)16/h3-8H,1-2H3. The van der Waals surface area contributed by atoms with Crippen LogP contribution >= 0.6 is 11.3 Å². The molecule has 2 aromatic rings. The van der Waals surface area contributed by atoms with Crippen LogP contribution < -0.4 is 0 Å². The number of rotatable bonds is 2. The Hall–Kier alpha value is -1.36. The third-order valence-electron chi connectivity index (χ3n) is 2.57. The van der Waals surface area contributed by atoms with E-state index < -0.39 is 11.7 Å². The van der Waals surface area contributed by atoms with Crippen LogP contribution in [0.3, 0.4) is 0 Å². The van der Waals surface area contributed by atoms with E-state index in [9.17, 15) is 13.2 Å². The van der Waals surface area contributed by atoms with Crippen molar-refractivity contribution in [1.82, 2.24) is 4.98 Å². The van der Waals surface area contributed by atoms with Gasteiger partial charge in [-0.1, -0.05) is 26.0 Å². The van der Waals surface area contributed by atoms with Crippen LogP contribution in [0.2, 0.25) is 0 Å². The molecule has 0 fully saturated rings. The van der Waals surface area contributed by atoms with E-state index in [1.807, 2.05) is 19.2 Å². The molecular formula is C13H12F3NS. The summed E-state index contributed by atoms with van der Waals surface area (Å²) in [4.78, 5) is 4.41. The Labute approximate surface area is 107 Å². The number of hydrogen-bond acceptors (Lipinski definition) is 2.